The van der Waals surface area contributed by atoms with Crippen molar-refractivity contribution in [2.24, 2.45) is 0 Å². The molecule has 1 aromatic rings. The van der Waals surface area contributed by atoms with E-state index in [0.29, 0.717) is 0 Å². The van der Waals surface area contributed by atoms with Crippen molar-refractivity contribution in [2.45, 2.75) is 11.3 Å². The van der Waals surface area contributed by atoms with Gasteiger partial charge in [-0.2, -0.15) is 0 Å². The Labute approximate surface area is 93.0 Å². The van der Waals surface area contributed by atoms with E-state index in [4.69, 9.17) is 4.74 Å². The van der Waals surface area contributed by atoms with E-state index in [-0.39, 0.29) is 0 Å². The fourth-order valence-corrected chi connectivity index (χ4v) is 3.11. The predicted molar refractivity (Wildman–Crippen MR) is 59.5 cm³/mol. The van der Waals surface area contributed by atoms with Gasteiger partial charge in [0.05, 0.1) is 23.8 Å². The summed E-state index contributed by atoms with van der Waals surface area (Å²) in [5.74, 6) is 2.26. The van der Waals surface area contributed by atoms with Gasteiger partial charge in [0.25, 0.3) is 0 Å². The summed E-state index contributed by atoms with van der Waals surface area (Å²) in [7, 11) is 0. The van der Waals surface area contributed by atoms with Crippen molar-refractivity contribution in [1.82, 2.24) is 9.97 Å². The molecule has 1 saturated heterocycles. The van der Waals surface area contributed by atoms with Gasteiger partial charge < -0.3 is 9.64 Å². The molecule has 0 atom stereocenters. The first-order chi connectivity index (χ1) is 7.45. The lowest BCUT2D eigenvalue weighted by Gasteiger charge is -2.28. The van der Waals surface area contributed by atoms with Gasteiger partial charge in [0.15, 0.2) is 0 Å². The summed E-state index contributed by atoms with van der Waals surface area (Å²) in [6.45, 7) is 3.51. The van der Waals surface area contributed by atoms with Crippen LogP contribution in [0.5, 0.6) is 0 Å². The standard InChI is InChI=1S/C10H13N3OS/c1-6-15-9-8(1)11-7-12-10(9)13-2-4-14-5-3-13/h7H,1-6H2. The van der Waals surface area contributed by atoms with Gasteiger partial charge in [-0.3, -0.25) is 0 Å². The summed E-state index contributed by atoms with van der Waals surface area (Å²) in [6, 6.07) is 0. The highest BCUT2D eigenvalue weighted by Gasteiger charge is 2.22. The molecule has 2 aliphatic rings. The second-order valence-corrected chi connectivity index (χ2v) is 4.78. The van der Waals surface area contributed by atoms with Gasteiger partial charge in [0.2, 0.25) is 0 Å². The van der Waals surface area contributed by atoms with Crippen LogP contribution in [-0.2, 0) is 11.2 Å². The normalized spacial score (nSPS) is 20.4. The fourth-order valence-electron chi connectivity index (χ4n) is 1.98. The van der Waals surface area contributed by atoms with E-state index in [1.165, 1.54) is 10.6 Å². The highest BCUT2D eigenvalue weighted by Crippen LogP contribution is 2.36. The molecule has 1 aromatic heterocycles. The Balaban J connectivity index is 1.93. The van der Waals surface area contributed by atoms with Crippen LogP contribution in [0.2, 0.25) is 0 Å². The van der Waals surface area contributed by atoms with Crippen molar-refractivity contribution in [3.8, 4) is 0 Å². The molecule has 1 fully saturated rings. The average molecular weight is 223 g/mol. The second kappa shape index (κ2) is 3.98. The monoisotopic (exact) mass is 223 g/mol. The van der Waals surface area contributed by atoms with Crippen LogP contribution in [-0.4, -0.2) is 42.0 Å². The Kier molecular flexibility index (Phi) is 2.50. The Morgan fingerprint density at radius 2 is 2.13 bits per heavy atom. The molecule has 2 aliphatic heterocycles. The van der Waals surface area contributed by atoms with Crippen LogP contribution in [0.15, 0.2) is 11.2 Å². The maximum atomic E-state index is 5.35. The highest BCUT2D eigenvalue weighted by atomic mass is 32.2. The SMILES string of the molecule is c1nc2c(c(N3CCOCC3)n1)SCC2. The molecule has 15 heavy (non-hydrogen) atoms. The second-order valence-electron chi connectivity index (χ2n) is 3.67. The van der Waals surface area contributed by atoms with Gasteiger partial charge in [0.1, 0.15) is 12.1 Å². The Hall–Kier alpha value is -0.810. The molecule has 80 valence electrons. The molecule has 0 aliphatic carbocycles. The quantitative estimate of drug-likeness (QED) is 0.709. The molecular weight excluding hydrogens is 210 g/mol. The van der Waals surface area contributed by atoms with Crippen LogP contribution in [0.1, 0.15) is 5.69 Å². The first-order valence-electron chi connectivity index (χ1n) is 5.24. The highest BCUT2D eigenvalue weighted by molar-refractivity contribution is 7.99. The minimum atomic E-state index is 0.809. The fraction of sp³-hybridized carbons (Fsp3) is 0.600. The molecule has 0 N–H and O–H groups in total. The van der Waals surface area contributed by atoms with E-state index in [1.807, 2.05) is 11.8 Å². The number of hydrogen-bond acceptors (Lipinski definition) is 5. The van der Waals surface area contributed by atoms with Crippen molar-refractivity contribution >= 4 is 17.6 Å². The van der Waals surface area contributed by atoms with Gasteiger partial charge in [-0.25, -0.2) is 9.97 Å². The lowest BCUT2D eigenvalue weighted by Crippen LogP contribution is -2.37. The molecule has 0 radical (unpaired) electrons. The number of anilines is 1. The Bertz CT molecular complexity index is 366. The summed E-state index contributed by atoms with van der Waals surface area (Å²) in [5.41, 5.74) is 1.22. The molecule has 0 unspecified atom stereocenters. The van der Waals surface area contributed by atoms with Crippen LogP contribution in [0, 0.1) is 0 Å². The summed E-state index contributed by atoms with van der Waals surface area (Å²) < 4.78 is 5.35. The number of hydrogen-bond donors (Lipinski definition) is 0. The largest absolute Gasteiger partial charge is 0.378 e. The summed E-state index contributed by atoms with van der Waals surface area (Å²) in [6.07, 6.45) is 2.77. The molecular formula is C10H13N3OS. The zero-order valence-corrected chi connectivity index (χ0v) is 9.29. The number of morpholine rings is 1. The topological polar surface area (TPSA) is 38.2 Å². The van der Waals surface area contributed by atoms with Crippen LogP contribution < -0.4 is 4.90 Å². The van der Waals surface area contributed by atoms with E-state index in [0.717, 1.165) is 44.3 Å². The van der Waals surface area contributed by atoms with Crippen LogP contribution >= 0.6 is 11.8 Å². The van der Waals surface area contributed by atoms with Crippen LogP contribution in [0.3, 0.4) is 0 Å². The van der Waals surface area contributed by atoms with Crippen LogP contribution in [0.25, 0.3) is 0 Å². The van der Waals surface area contributed by atoms with E-state index in [9.17, 15) is 0 Å². The average Bonchev–Trinajstić information content (AvgIpc) is 2.78. The van der Waals surface area contributed by atoms with Gasteiger partial charge in [-0.1, -0.05) is 0 Å². The summed E-state index contributed by atoms with van der Waals surface area (Å²) in [4.78, 5) is 12.3. The molecule has 0 saturated carbocycles. The third kappa shape index (κ3) is 1.70. The summed E-state index contributed by atoms with van der Waals surface area (Å²) in [5, 5.41) is 0. The molecule has 0 amide bonds. The third-order valence-corrected chi connectivity index (χ3v) is 3.87. The maximum absolute atomic E-state index is 5.35. The predicted octanol–water partition coefficient (Wildman–Crippen LogP) is 0.961. The van der Waals surface area contributed by atoms with Gasteiger partial charge in [-0.05, 0) is 0 Å². The van der Waals surface area contributed by atoms with Gasteiger partial charge in [0, 0.05) is 25.3 Å². The van der Waals surface area contributed by atoms with E-state index in [2.05, 4.69) is 14.9 Å². The maximum Gasteiger partial charge on any atom is 0.146 e. The lowest BCUT2D eigenvalue weighted by molar-refractivity contribution is 0.122. The summed E-state index contributed by atoms with van der Waals surface area (Å²) >= 11 is 1.88. The lowest BCUT2D eigenvalue weighted by atomic mass is 10.3. The smallest absolute Gasteiger partial charge is 0.146 e. The molecule has 3 heterocycles. The van der Waals surface area contributed by atoms with Crippen molar-refractivity contribution in [3.63, 3.8) is 0 Å². The zero-order valence-electron chi connectivity index (χ0n) is 8.48. The number of aryl methyl sites for hydroxylation is 1. The van der Waals surface area contributed by atoms with Crippen molar-refractivity contribution in [2.75, 3.05) is 37.0 Å². The third-order valence-electron chi connectivity index (χ3n) is 2.75. The number of aromatic nitrogens is 2. The number of thioether (sulfide) groups is 1. The Morgan fingerprint density at radius 1 is 1.27 bits per heavy atom. The Morgan fingerprint density at radius 3 is 3.00 bits per heavy atom. The van der Waals surface area contributed by atoms with Crippen molar-refractivity contribution in [3.05, 3.63) is 12.0 Å². The number of nitrogens with zero attached hydrogens (tertiary/aromatic N) is 3. The van der Waals surface area contributed by atoms with Crippen molar-refractivity contribution < 1.29 is 4.74 Å². The number of ether oxygens (including phenoxy) is 1. The molecule has 3 rings (SSSR count). The minimum Gasteiger partial charge on any atom is -0.378 e. The van der Waals surface area contributed by atoms with Gasteiger partial charge >= 0.3 is 0 Å². The zero-order chi connectivity index (χ0) is 10.1. The van der Waals surface area contributed by atoms with E-state index < -0.39 is 0 Å². The number of rotatable bonds is 1. The van der Waals surface area contributed by atoms with E-state index in [1.54, 1.807) is 6.33 Å². The minimum absolute atomic E-state index is 0.809. The first-order valence-corrected chi connectivity index (χ1v) is 6.23. The number of fused-ring (bicyclic) bond motifs is 1. The van der Waals surface area contributed by atoms with Crippen molar-refractivity contribution in [1.29, 1.82) is 0 Å². The van der Waals surface area contributed by atoms with Gasteiger partial charge in [-0.15, -0.1) is 11.8 Å². The molecule has 0 spiro atoms. The molecule has 5 heteroatoms. The van der Waals surface area contributed by atoms with Crippen LogP contribution in [0.4, 0.5) is 5.82 Å². The van der Waals surface area contributed by atoms with E-state index >= 15 is 0 Å². The molecule has 0 bridgehead atoms. The molecule has 0 aromatic carbocycles. The first kappa shape index (κ1) is 9.42. The molecule has 4 nitrogen and oxygen atoms in total.